The van der Waals surface area contributed by atoms with Crippen LogP contribution in [0.15, 0.2) is 28.8 Å². The minimum absolute atomic E-state index is 0.0136. The Morgan fingerprint density at radius 3 is 2.71 bits per heavy atom. The fraction of sp³-hybridized carbons (Fsp3) is 0.438. The zero-order chi connectivity index (χ0) is 15.5. The van der Waals surface area contributed by atoms with E-state index in [0.717, 1.165) is 22.8 Å². The number of hydrogen-bond acceptors (Lipinski definition) is 4. The van der Waals surface area contributed by atoms with Crippen LogP contribution in [0.25, 0.3) is 0 Å². The molecule has 21 heavy (non-hydrogen) atoms. The topological polar surface area (TPSA) is 47.3 Å². The van der Waals surface area contributed by atoms with Crippen LogP contribution in [0.3, 0.4) is 0 Å². The summed E-state index contributed by atoms with van der Waals surface area (Å²) in [5, 5.41) is 8.04. The molecule has 0 unspecified atom stereocenters. The second-order valence-corrected chi connectivity index (χ2v) is 6.44. The van der Waals surface area contributed by atoms with Crippen molar-refractivity contribution in [1.82, 2.24) is 10.5 Å². The Bertz CT molecular complexity index is 603. The van der Waals surface area contributed by atoms with Crippen molar-refractivity contribution in [3.05, 3.63) is 46.3 Å². The maximum atomic E-state index is 6.29. The molecule has 0 radical (unpaired) electrons. The van der Waals surface area contributed by atoms with Crippen LogP contribution in [0.4, 0.5) is 0 Å². The molecule has 114 valence electrons. The smallest absolute Gasteiger partial charge is 0.134 e. The minimum atomic E-state index is 0.0136. The number of aryl methyl sites for hydroxylation is 1. The molecule has 0 atom stereocenters. The molecule has 0 amide bonds. The van der Waals surface area contributed by atoms with Gasteiger partial charge < -0.3 is 14.6 Å². The molecule has 0 aliphatic heterocycles. The fourth-order valence-electron chi connectivity index (χ4n) is 1.84. The maximum Gasteiger partial charge on any atom is 0.134 e. The van der Waals surface area contributed by atoms with E-state index in [0.29, 0.717) is 18.2 Å². The molecule has 0 bridgehead atoms. The van der Waals surface area contributed by atoms with E-state index in [9.17, 15) is 0 Å². The summed E-state index contributed by atoms with van der Waals surface area (Å²) in [5.74, 6) is 1.54. The molecule has 0 spiro atoms. The second kappa shape index (κ2) is 6.50. The van der Waals surface area contributed by atoms with Gasteiger partial charge in [-0.15, -0.1) is 0 Å². The van der Waals surface area contributed by atoms with Crippen LogP contribution in [0.2, 0.25) is 5.02 Å². The summed E-state index contributed by atoms with van der Waals surface area (Å²) in [6, 6.07) is 7.52. The first-order valence-corrected chi connectivity index (χ1v) is 7.30. The van der Waals surface area contributed by atoms with E-state index >= 15 is 0 Å². The SMILES string of the molecule is Cc1cc(COc2cccc(Cl)c2CNC(C)(C)C)no1. The van der Waals surface area contributed by atoms with Gasteiger partial charge in [0.25, 0.3) is 0 Å². The van der Waals surface area contributed by atoms with E-state index in [-0.39, 0.29) is 5.54 Å². The lowest BCUT2D eigenvalue weighted by atomic mass is 10.1. The predicted molar refractivity (Wildman–Crippen MR) is 83.6 cm³/mol. The Morgan fingerprint density at radius 1 is 1.33 bits per heavy atom. The third kappa shape index (κ3) is 4.76. The highest BCUT2D eigenvalue weighted by Crippen LogP contribution is 2.27. The van der Waals surface area contributed by atoms with Gasteiger partial charge in [-0.1, -0.05) is 22.8 Å². The summed E-state index contributed by atoms with van der Waals surface area (Å²) < 4.78 is 10.9. The Morgan fingerprint density at radius 2 is 2.10 bits per heavy atom. The Kier molecular flexibility index (Phi) is 4.91. The van der Waals surface area contributed by atoms with Gasteiger partial charge in [-0.05, 0) is 39.8 Å². The average Bonchev–Trinajstić information content (AvgIpc) is 2.80. The molecule has 1 aromatic carbocycles. The number of rotatable bonds is 5. The van der Waals surface area contributed by atoms with E-state index in [1.54, 1.807) is 0 Å². The summed E-state index contributed by atoms with van der Waals surface area (Å²) in [5.41, 5.74) is 1.73. The molecular weight excluding hydrogens is 288 g/mol. The third-order valence-corrected chi connectivity index (χ3v) is 3.28. The number of hydrogen-bond donors (Lipinski definition) is 1. The number of ether oxygens (including phenoxy) is 1. The number of nitrogens with zero attached hydrogens (tertiary/aromatic N) is 1. The van der Waals surface area contributed by atoms with Crippen LogP contribution in [-0.4, -0.2) is 10.7 Å². The first-order valence-electron chi connectivity index (χ1n) is 6.92. The van der Waals surface area contributed by atoms with Crippen molar-refractivity contribution in [2.75, 3.05) is 0 Å². The third-order valence-electron chi connectivity index (χ3n) is 2.92. The molecule has 1 N–H and O–H groups in total. The molecule has 0 aliphatic carbocycles. The van der Waals surface area contributed by atoms with E-state index in [1.165, 1.54) is 0 Å². The van der Waals surface area contributed by atoms with E-state index in [4.69, 9.17) is 20.9 Å². The number of halogens is 1. The Hall–Kier alpha value is -1.52. The van der Waals surface area contributed by atoms with Gasteiger partial charge in [-0.25, -0.2) is 0 Å². The number of nitrogens with one attached hydrogen (secondary N) is 1. The minimum Gasteiger partial charge on any atom is -0.487 e. The van der Waals surface area contributed by atoms with Crippen molar-refractivity contribution >= 4 is 11.6 Å². The van der Waals surface area contributed by atoms with Gasteiger partial charge in [0, 0.05) is 28.7 Å². The van der Waals surface area contributed by atoms with E-state index in [1.807, 2.05) is 31.2 Å². The van der Waals surface area contributed by atoms with Gasteiger partial charge in [0.1, 0.15) is 23.8 Å². The van der Waals surface area contributed by atoms with Gasteiger partial charge in [-0.2, -0.15) is 0 Å². The highest BCUT2D eigenvalue weighted by atomic mass is 35.5. The van der Waals surface area contributed by atoms with Crippen LogP contribution in [0.5, 0.6) is 5.75 Å². The van der Waals surface area contributed by atoms with Crippen LogP contribution in [0.1, 0.15) is 37.8 Å². The van der Waals surface area contributed by atoms with Gasteiger partial charge in [0.05, 0.1) is 0 Å². The van der Waals surface area contributed by atoms with Crippen molar-refractivity contribution in [2.24, 2.45) is 0 Å². The summed E-state index contributed by atoms with van der Waals surface area (Å²) in [4.78, 5) is 0. The van der Waals surface area contributed by atoms with Gasteiger partial charge in [0.2, 0.25) is 0 Å². The Labute approximate surface area is 130 Å². The molecule has 2 rings (SSSR count). The monoisotopic (exact) mass is 308 g/mol. The zero-order valence-electron chi connectivity index (χ0n) is 12.9. The largest absolute Gasteiger partial charge is 0.487 e. The lowest BCUT2D eigenvalue weighted by Gasteiger charge is -2.22. The summed E-state index contributed by atoms with van der Waals surface area (Å²) >= 11 is 6.29. The average molecular weight is 309 g/mol. The lowest BCUT2D eigenvalue weighted by Crippen LogP contribution is -2.35. The molecule has 5 heteroatoms. The predicted octanol–water partition coefficient (Wildman–Crippen LogP) is 4.10. The maximum absolute atomic E-state index is 6.29. The van der Waals surface area contributed by atoms with Crippen LogP contribution in [0, 0.1) is 6.92 Å². The van der Waals surface area contributed by atoms with Crippen molar-refractivity contribution < 1.29 is 9.26 Å². The van der Waals surface area contributed by atoms with Crippen molar-refractivity contribution in [3.63, 3.8) is 0 Å². The molecule has 0 saturated carbocycles. The molecule has 0 saturated heterocycles. The van der Waals surface area contributed by atoms with E-state index in [2.05, 4.69) is 31.2 Å². The van der Waals surface area contributed by atoms with Crippen molar-refractivity contribution in [3.8, 4) is 5.75 Å². The highest BCUT2D eigenvalue weighted by molar-refractivity contribution is 6.31. The summed E-state index contributed by atoms with van der Waals surface area (Å²) in [7, 11) is 0. The lowest BCUT2D eigenvalue weighted by molar-refractivity contribution is 0.283. The number of aromatic nitrogens is 1. The standard InChI is InChI=1S/C16H21ClN2O2/c1-11-8-12(19-21-11)10-20-15-7-5-6-14(17)13(15)9-18-16(2,3)4/h5-8,18H,9-10H2,1-4H3. The first-order chi connectivity index (χ1) is 9.85. The molecule has 0 aliphatic rings. The molecule has 1 heterocycles. The number of benzene rings is 1. The van der Waals surface area contributed by atoms with Gasteiger partial charge in [-0.3, -0.25) is 0 Å². The van der Waals surface area contributed by atoms with Crippen molar-refractivity contribution in [2.45, 2.75) is 46.4 Å². The summed E-state index contributed by atoms with van der Waals surface area (Å²) in [6.45, 7) is 9.21. The fourth-order valence-corrected chi connectivity index (χ4v) is 2.07. The molecule has 1 aromatic heterocycles. The zero-order valence-corrected chi connectivity index (χ0v) is 13.6. The first kappa shape index (κ1) is 15.9. The van der Waals surface area contributed by atoms with E-state index < -0.39 is 0 Å². The molecule has 0 fully saturated rings. The molecule has 2 aromatic rings. The highest BCUT2D eigenvalue weighted by Gasteiger charge is 2.14. The van der Waals surface area contributed by atoms with Crippen LogP contribution >= 0.6 is 11.6 Å². The van der Waals surface area contributed by atoms with Crippen molar-refractivity contribution in [1.29, 1.82) is 0 Å². The second-order valence-electron chi connectivity index (χ2n) is 6.04. The Balaban J connectivity index is 2.09. The quantitative estimate of drug-likeness (QED) is 0.903. The molecular formula is C16H21ClN2O2. The molecule has 4 nitrogen and oxygen atoms in total. The van der Waals surface area contributed by atoms with Crippen LogP contribution in [-0.2, 0) is 13.2 Å². The van der Waals surface area contributed by atoms with Gasteiger partial charge >= 0.3 is 0 Å². The van der Waals surface area contributed by atoms with Gasteiger partial charge in [0.15, 0.2) is 0 Å². The van der Waals surface area contributed by atoms with Crippen LogP contribution < -0.4 is 10.1 Å². The summed E-state index contributed by atoms with van der Waals surface area (Å²) in [6.07, 6.45) is 0. The normalized spacial score (nSPS) is 11.7.